The molecule has 22 heavy (non-hydrogen) atoms. The van der Waals surface area contributed by atoms with E-state index >= 15 is 0 Å². The molecule has 2 aromatic rings. The molecule has 1 heterocycles. The van der Waals surface area contributed by atoms with E-state index in [-0.39, 0.29) is 28.6 Å². The van der Waals surface area contributed by atoms with Crippen molar-refractivity contribution < 1.29 is 8.78 Å². The number of aromatic amines is 1. The molecule has 0 saturated carbocycles. The number of halogens is 3. The first kappa shape index (κ1) is 16.6. The third-order valence-electron chi connectivity index (χ3n) is 3.41. The summed E-state index contributed by atoms with van der Waals surface area (Å²) in [6.45, 7) is 3.99. The fraction of sp³-hybridized carbons (Fsp3) is 0.312. The quantitative estimate of drug-likeness (QED) is 0.828. The van der Waals surface area contributed by atoms with E-state index in [4.69, 9.17) is 11.6 Å². The van der Waals surface area contributed by atoms with E-state index in [2.05, 4.69) is 10.3 Å². The fourth-order valence-corrected chi connectivity index (χ4v) is 2.38. The van der Waals surface area contributed by atoms with Gasteiger partial charge in [0.2, 0.25) is 0 Å². The zero-order chi connectivity index (χ0) is 16.3. The molecule has 0 amide bonds. The average Bonchev–Trinajstić information content (AvgIpc) is 2.48. The van der Waals surface area contributed by atoms with Gasteiger partial charge in [-0.25, -0.2) is 8.78 Å². The molecule has 1 aromatic heterocycles. The first-order chi connectivity index (χ1) is 10.4. The maximum Gasteiger partial charge on any atom is 0.252 e. The topological polar surface area (TPSA) is 44.9 Å². The van der Waals surface area contributed by atoms with E-state index in [0.717, 1.165) is 11.6 Å². The predicted molar refractivity (Wildman–Crippen MR) is 83.2 cm³/mol. The Morgan fingerprint density at radius 3 is 2.82 bits per heavy atom. The van der Waals surface area contributed by atoms with Crippen LogP contribution in [0, 0.1) is 18.6 Å². The highest BCUT2D eigenvalue weighted by Crippen LogP contribution is 2.22. The third-order valence-corrected chi connectivity index (χ3v) is 3.71. The first-order valence-electron chi connectivity index (χ1n) is 6.92. The van der Waals surface area contributed by atoms with Gasteiger partial charge in [0, 0.05) is 29.9 Å². The molecule has 0 bridgehead atoms. The average molecular weight is 327 g/mol. The van der Waals surface area contributed by atoms with Gasteiger partial charge in [-0.1, -0.05) is 11.6 Å². The summed E-state index contributed by atoms with van der Waals surface area (Å²) in [7, 11) is 0. The van der Waals surface area contributed by atoms with Gasteiger partial charge in [-0.2, -0.15) is 0 Å². The van der Waals surface area contributed by atoms with Crippen molar-refractivity contribution in [2.45, 2.75) is 32.9 Å². The second-order valence-electron chi connectivity index (χ2n) is 5.34. The zero-order valence-corrected chi connectivity index (χ0v) is 13.1. The molecule has 1 aromatic carbocycles. The molecule has 6 heteroatoms. The summed E-state index contributed by atoms with van der Waals surface area (Å²) in [5, 5.41) is 2.99. The minimum Gasteiger partial charge on any atom is -0.329 e. The Kier molecular flexibility index (Phi) is 5.32. The Labute approximate surface area is 132 Å². The lowest BCUT2D eigenvalue weighted by atomic mass is 10.1. The van der Waals surface area contributed by atoms with Crippen LogP contribution in [0.2, 0.25) is 5.02 Å². The number of hydrogen-bond acceptors (Lipinski definition) is 2. The van der Waals surface area contributed by atoms with Crippen molar-refractivity contribution in [2.24, 2.45) is 0 Å². The van der Waals surface area contributed by atoms with Gasteiger partial charge in [0.1, 0.15) is 11.6 Å². The van der Waals surface area contributed by atoms with Gasteiger partial charge in [-0.05, 0) is 44.0 Å². The molecule has 0 fully saturated rings. The number of aryl methyl sites for hydroxylation is 1. The highest BCUT2D eigenvalue weighted by Gasteiger charge is 2.15. The van der Waals surface area contributed by atoms with E-state index in [1.165, 1.54) is 6.07 Å². The van der Waals surface area contributed by atoms with Crippen LogP contribution in [0.5, 0.6) is 0 Å². The summed E-state index contributed by atoms with van der Waals surface area (Å²) in [4.78, 5) is 14.3. The Morgan fingerprint density at radius 2 is 2.09 bits per heavy atom. The molecule has 1 atom stereocenters. The van der Waals surface area contributed by atoms with Gasteiger partial charge >= 0.3 is 0 Å². The Bertz CT molecular complexity index is 731. The van der Waals surface area contributed by atoms with Gasteiger partial charge in [0.25, 0.3) is 5.56 Å². The van der Waals surface area contributed by atoms with Crippen molar-refractivity contribution in [1.82, 2.24) is 10.3 Å². The van der Waals surface area contributed by atoms with Crippen LogP contribution in [0.25, 0.3) is 0 Å². The number of H-pyrrole nitrogens is 1. The second-order valence-corrected chi connectivity index (χ2v) is 5.75. The summed E-state index contributed by atoms with van der Waals surface area (Å²) < 4.78 is 27.5. The van der Waals surface area contributed by atoms with Crippen molar-refractivity contribution in [3.05, 3.63) is 68.1 Å². The van der Waals surface area contributed by atoms with E-state index < -0.39 is 11.6 Å². The SMILES string of the molecule is Cc1c[nH]c(=O)c(CNC(C)Cc2c(F)ccc(Cl)c2F)c1. The van der Waals surface area contributed by atoms with Gasteiger partial charge in [0.05, 0.1) is 5.02 Å². The number of benzene rings is 1. The lowest BCUT2D eigenvalue weighted by Crippen LogP contribution is -2.30. The predicted octanol–water partition coefficient (Wildman–Crippen LogP) is 3.34. The van der Waals surface area contributed by atoms with Crippen LogP contribution in [-0.4, -0.2) is 11.0 Å². The molecule has 0 aliphatic rings. The van der Waals surface area contributed by atoms with Crippen molar-refractivity contribution in [3.63, 3.8) is 0 Å². The summed E-state index contributed by atoms with van der Waals surface area (Å²) in [6, 6.07) is 3.90. The minimum absolute atomic E-state index is 0.0503. The van der Waals surface area contributed by atoms with Crippen LogP contribution < -0.4 is 10.9 Å². The molecular formula is C16H17ClF2N2O. The molecular weight excluding hydrogens is 310 g/mol. The van der Waals surface area contributed by atoms with Crippen molar-refractivity contribution >= 4 is 11.6 Å². The largest absolute Gasteiger partial charge is 0.329 e. The molecule has 118 valence electrons. The number of nitrogens with one attached hydrogen (secondary N) is 2. The molecule has 0 saturated heterocycles. The van der Waals surface area contributed by atoms with Gasteiger partial charge in [-0.3, -0.25) is 4.79 Å². The van der Waals surface area contributed by atoms with Gasteiger partial charge in [-0.15, -0.1) is 0 Å². The normalized spacial score (nSPS) is 12.4. The van der Waals surface area contributed by atoms with Crippen molar-refractivity contribution in [2.75, 3.05) is 0 Å². The number of hydrogen-bond donors (Lipinski definition) is 2. The molecule has 2 N–H and O–H groups in total. The summed E-state index contributed by atoms with van der Waals surface area (Å²) in [6.07, 6.45) is 1.77. The third kappa shape index (κ3) is 3.93. The first-order valence-corrected chi connectivity index (χ1v) is 7.30. The molecule has 0 spiro atoms. The maximum atomic E-state index is 13.8. The highest BCUT2D eigenvalue weighted by atomic mass is 35.5. The van der Waals surface area contributed by atoms with Crippen molar-refractivity contribution in [1.29, 1.82) is 0 Å². The van der Waals surface area contributed by atoms with E-state index in [0.29, 0.717) is 12.1 Å². The maximum absolute atomic E-state index is 13.8. The number of rotatable bonds is 5. The Hall–Kier alpha value is -1.72. The van der Waals surface area contributed by atoms with Crippen molar-refractivity contribution in [3.8, 4) is 0 Å². The number of aromatic nitrogens is 1. The highest BCUT2D eigenvalue weighted by molar-refractivity contribution is 6.30. The molecule has 0 aliphatic carbocycles. The Morgan fingerprint density at radius 1 is 1.36 bits per heavy atom. The summed E-state index contributed by atoms with van der Waals surface area (Å²) >= 11 is 5.67. The van der Waals surface area contributed by atoms with E-state index in [9.17, 15) is 13.6 Å². The summed E-state index contributed by atoms with van der Waals surface area (Å²) in [5.74, 6) is -1.35. The van der Waals surface area contributed by atoms with Crippen LogP contribution >= 0.6 is 11.6 Å². The fourth-order valence-electron chi connectivity index (χ4n) is 2.20. The lowest BCUT2D eigenvalue weighted by Gasteiger charge is -2.15. The minimum atomic E-state index is -0.733. The van der Waals surface area contributed by atoms with Crippen LogP contribution in [0.15, 0.2) is 29.2 Å². The van der Waals surface area contributed by atoms with E-state index in [1.54, 1.807) is 19.2 Å². The Balaban J connectivity index is 2.05. The molecule has 0 radical (unpaired) electrons. The lowest BCUT2D eigenvalue weighted by molar-refractivity contribution is 0.498. The molecule has 3 nitrogen and oxygen atoms in total. The van der Waals surface area contributed by atoms with E-state index in [1.807, 2.05) is 6.92 Å². The van der Waals surface area contributed by atoms with Crippen LogP contribution in [0.1, 0.15) is 23.6 Å². The standard InChI is InChI=1S/C16H17ClF2N2O/c1-9-5-11(16(22)21-7-9)8-20-10(2)6-12-14(18)4-3-13(17)15(12)19/h3-5,7,10,20H,6,8H2,1-2H3,(H,21,22). The monoisotopic (exact) mass is 326 g/mol. The van der Waals surface area contributed by atoms with Gasteiger partial charge in [0.15, 0.2) is 0 Å². The van der Waals surface area contributed by atoms with Crippen LogP contribution in [-0.2, 0) is 13.0 Å². The smallest absolute Gasteiger partial charge is 0.252 e. The molecule has 0 aliphatic heterocycles. The van der Waals surface area contributed by atoms with Crippen LogP contribution in [0.3, 0.4) is 0 Å². The van der Waals surface area contributed by atoms with Gasteiger partial charge < -0.3 is 10.3 Å². The zero-order valence-electron chi connectivity index (χ0n) is 12.3. The molecule has 2 rings (SSSR count). The van der Waals surface area contributed by atoms with Crippen LogP contribution in [0.4, 0.5) is 8.78 Å². The second kappa shape index (κ2) is 7.03. The summed E-state index contributed by atoms with van der Waals surface area (Å²) in [5.41, 5.74) is 1.30. The number of pyridine rings is 1. The molecule has 1 unspecified atom stereocenters.